The van der Waals surface area contributed by atoms with Crippen molar-refractivity contribution in [3.8, 4) is 5.19 Å². The first-order chi connectivity index (χ1) is 8.31. The van der Waals surface area contributed by atoms with Gasteiger partial charge < -0.3 is 9.64 Å². The predicted octanol–water partition coefficient (Wildman–Crippen LogP) is 2.11. The molecule has 1 aliphatic heterocycles. The predicted molar refractivity (Wildman–Crippen MR) is 67.7 cm³/mol. The Morgan fingerprint density at radius 2 is 2.24 bits per heavy atom. The standard InChI is InChI=1S/C12H13N3OS/c1-9-6-10(2-3-13-9)15-7-11(8-15)16-12-14-4-5-17-12/h2-6,11H,7-8H2,1H3. The summed E-state index contributed by atoms with van der Waals surface area (Å²) in [5.41, 5.74) is 2.27. The fourth-order valence-corrected chi connectivity index (χ4v) is 2.41. The van der Waals surface area contributed by atoms with E-state index in [9.17, 15) is 0 Å². The largest absolute Gasteiger partial charge is 0.463 e. The molecule has 17 heavy (non-hydrogen) atoms. The zero-order chi connectivity index (χ0) is 11.7. The maximum Gasteiger partial charge on any atom is 0.273 e. The van der Waals surface area contributed by atoms with Gasteiger partial charge in [0.1, 0.15) is 6.10 Å². The van der Waals surface area contributed by atoms with E-state index < -0.39 is 0 Å². The Morgan fingerprint density at radius 1 is 1.35 bits per heavy atom. The van der Waals surface area contributed by atoms with Gasteiger partial charge >= 0.3 is 0 Å². The summed E-state index contributed by atoms with van der Waals surface area (Å²) < 4.78 is 5.72. The molecule has 2 aromatic heterocycles. The van der Waals surface area contributed by atoms with Gasteiger partial charge in [-0.25, -0.2) is 4.98 Å². The Bertz CT molecular complexity index is 494. The molecule has 0 radical (unpaired) electrons. The molecule has 0 unspecified atom stereocenters. The summed E-state index contributed by atoms with van der Waals surface area (Å²) in [7, 11) is 0. The second-order valence-corrected chi connectivity index (χ2v) is 4.96. The second kappa shape index (κ2) is 4.33. The normalized spacial score (nSPS) is 15.7. The van der Waals surface area contributed by atoms with Gasteiger partial charge in [0.15, 0.2) is 0 Å². The van der Waals surface area contributed by atoms with Crippen LogP contribution < -0.4 is 9.64 Å². The third-order valence-electron chi connectivity index (χ3n) is 2.77. The highest BCUT2D eigenvalue weighted by Gasteiger charge is 2.29. The molecule has 0 atom stereocenters. The van der Waals surface area contributed by atoms with E-state index in [4.69, 9.17) is 4.74 Å². The van der Waals surface area contributed by atoms with E-state index in [2.05, 4.69) is 20.9 Å². The van der Waals surface area contributed by atoms with Crippen LogP contribution in [0.2, 0.25) is 0 Å². The van der Waals surface area contributed by atoms with E-state index >= 15 is 0 Å². The molecule has 5 heteroatoms. The first-order valence-electron chi connectivity index (χ1n) is 5.55. The van der Waals surface area contributed by atoms with Crippen LogP contribution >= 0.6 is 11.3 Å². The Kier molecular flexibility index (Phi) is 2.68. The number of anilines is 1. The van der Waals surface area contributed by atoms with Gasteiger partial charge in [0.25, 0.3) is 5.19 Å². The van der Waals surface area contributed by atoms with Gasteiger partial charge in [-0.2, -0.15) is 0 Å². The summed E-state index contributed by atoms with van der Waals surface area (Å²) in [6.07, 6.45) is 3.87. The van der Waals surface area contributed by atoms with Crippen molar-refractivity contribution >= 4 is 17.0 Å². The number of aryl methyl sites for hydroxylation is 1. The lowest BCUT2D eigenvalue weighted by Gasteiger charge is -2.40. The van der Waals surface area contributed by atoms with E-state index in [1.165, 1.54) is 17.0 Å². The molecule has 0 aromatic carbocycles. The monoisotopic (exact) mass is 247 g/mol. The van der Waals surface area contributed by atoms with Crippen LogP contribution in [0, 0.1) is 6.92 Å². The van der Waals surface area contributed by atoms with Crippen LogP contribution in [-0.4, -0.2) is 29.2 Å². The molecule has 88 valence electrons. The van der Waals surface area contributed by atoms with Crippen molar-refractivity contribution in [2.24, 2.45) is 0 Å². The maximum atomic E-state index is 5.72. The van der Waals surface area contributed by atoms with Crippen LogP contribution in [0.1, 0.15) is 5.69 Å². The first-order valence-corrected chi connectivity index (χ1v) is 6.43. The molecular formula is C12H13N3OS. The zero-order valence-electron chi connectivity index (χ0n) is 9.54. The highest BCUT2D eigenvalue weighted by Crippen LogP contribution is 2.24. The van der Waals surface area contributed by atoms with E-state index in [-0.39, 0.29) is 6.10 Å². The topological polar surface area (TPSA) is 38.2 Å². The number of aromatic nitrogens is 2. The summed E-state index contributed by atoms with van der Waals surface area (Å²) in [5.74, 6) is 0. The molecule has 1 saturated heterocycles. The number of ether oxygens (including phenoxy) is 1. The molecule has 3 rings (SSSR count). The highest BCUT2D eigenvalue weighted by molar-refractivity contribution is 7.11. The van der Waals surface area contributed by atoms with E-state index in [1.807, 2.05) is 24.6 Å². The molecule has 0 saturated carbocycles. The van der Waals surface area contributed by atoms with Crippen molar-refractivity contribution in [2.45, 2.75) is 13.0 Å². The van der Waals surface area contributed by atoms with Gasteiger partial charge in [-0.3, -0.25) is 4.98 Å². The van der Waals surface area contributed by atoms with Gasteiger partial charge in [0.05, 0.1) is 13.1 Å². The molecule has 1 fully saturated rings. The maximum absolute atomic E-state index is 5.72. The van der Waals surface area contributed by atoms with E-state index in [1.54, 1.807) is 6.20 Å². The summed E-state index contributed by atoms with van der Waals surface area (Å²) in [6, 6.07) is 4.13. The quantitative estimate of drug-likeness (QED) is 0.832. The number of nitrogens with zero attached hydrogens (tertiary/aromatic N) is 3. The minimum absolute atomic E-state index is 0.259. The molecule has 0 bridgehead atoms. The fourth-order valence-electron chi connectivity index (χ4n) is 1.86. The number of rotatable bonds is 3. The Balaban J connectivity index is 1.58. The second-order valence-electron chi connectivity index (χ2n) is 4.10. The molecule has 2 aromatic rings. The molecule has 0 amide bonds. The van der Waals surface area contributed by atoms with Gasteiger partial charge in [-0.1, -0.05) is 11.3 Å². The Morgan fingerprint density at radius 3 is 2.94 bits per heavy atom. The Hall–Kier alpha value is -1.62. The third-order valence-corrected chi connectivity index (χ3v) is 3.43. The van der Waals surface area contributed by atoms with Crippen molar-refractivity contribution in [2.75, 3.05) is 18.0 Å². The van der Waals surface area contributed by atoms with Crippen molar-refractivity contribution in [3.05, 3.63) is 35.6 Å². The van der Waals surface area contributed by atoms with Crippen LogP contribution in [-0.2, 0) is 0 Å². The molecule has 0 aliphatic carbocycles. The average molecular weight is 247 g/mol. The lowest BCUT2D eigenvalue weighted by Crippen LogP contribution is -2.54. The van der Waals surface area contributed by atoms with E-state index in [0.29, 0.717) is 0 Å². The first kappa shape index (κ1) is 10.5. The van der Waals surface area contributed by atoms with Crippen molar-refractivity contribution < 1.29 is 4.74 Å². The van der Waals surface area contributed by atoms with Crippen LogP contribution in [0.3, 0.4) is 0 Å². The number of pyridine rings is 1. The molecule has 0 N–H and O–H groups in total. The average Bonchev–Trinajstić information content (AvgIpc) is 2.75. The lowest BCUT2D eigenvalue weighted by atomic mass is 10.1. The van der Waals surface area contributed by atoms with Gasteiger partial charge in [0, 0.05) is 29.2 Å². The minimum Gasteiger partial charge on any atom is -0.463 e. The summed E-state index contributed by atoms with van der Waals surface area (Å²) in [6.45, 7) is 3.85. The number of thiazole rings is 1. The lowest BCUT2D eigenvalue weighted by molar-refractivity contribution is 0.167. The van der Waals surface area contributed by atoms with E-state index in [0.717, 1.165) is 24.0 Å². The van der Waals surface area contributed by atoms with Crippen LogP contribution in [0.5, 0.6) is 5.19 Å². The zero-order valence-corrected chi connectivity index (χ0v) is 10.4. The van der Waals surface area contributed by atoms with Crippen LogP contribution in [0.4, 0.5) is 5.69 Å². The van der Waals surface area contributed by atoms with Crippen LogP contribution in [0.15, 0.2) is 29.9 Å². The molecular weight excluding hydrogens is 234 g/mol. The molecule has 0 spiro atoms. The van der Waals surface area contributed by atoms with Crippen molar-refractivity contribution in [3.63, 3.8) is 0 Å². The number of hydrogen-bond acceptors (Lipinski definition) is 5. The Labute approximate surface area is 104 Å². The summed E-state index contributed by atoms with van der Waals surface area (Å²) >= 11 is 1.54. The van der Waals surface area contributed by atoms with Gasteiger partial charge in [0.2, 0.25) is 0 Å². The SMILES string of the molecule is Cc1cc(N2CC(Oc3nccs3)C2)ccn1. The highest BCUT2D eigenvalue weighted by atomic mass is 32.1. The van der Waals surface area contributed by atoms with Crippen molar-refractivity contribution in [1.29, 1.82) is 0 Å². The summed E-state index contributed by atoms with van der Waals surface area (Å²) in [5, 5.41) is 2.69. The van der Waals surface area contributed by atoms with Gasteiger partial charge in [-0.15, -0.1) is 0 Å². The smallest absolute Gasteiger partial charge is 0.273 e. The van der Waals surface area contributed by atoms with Gasteiger partial charge in [-0.05, 0) is 19.1 Å². The van der Waals surface area contributed by atoms with Crippen LogP contribution in [0.25, 0.3) is 0 Å². The third kappa shape index (κ3) is 2.24. The summed E-state index contributed by atoms with van der Waals surface area (Å²) in [4.78, 5) is 10.6. The molecule has 1 aliphatic rings. The fraction of sp³-hybridized carbons (Fsp3) is 0.333. The minimum atomic E-state index is 0.259. The molecule has 3 heterocycles. The number of hydrogen-bond donors (Lipinski definition) is 0. The molecule has 4 nitrogen and oxygen atoms in total. The van der Waals surface area contributed by atoms with Crippen molar-refractivity contribution in [1.82, 2.24) is 9.97 Å².